The molecule has 0 N–H and O–H groups in total. The maximum Gasteiger partial charge on any atom is 0.410 e. The number of likely N-dealkylation sites (N-methyl/N-ethyl adjacent to an activating group) is 1. The number of likely N-dealkylation sites (tertiary alicyclic amines) is 1. The third kappa shape index (κ3) is 4.26. The molecule has 2 unspecified atom stereocenters. The zero-order valence-corrected chi connectivity index (χ0v) is 14.3. The summed E-state index contributed by atoms with van der Waals surface area (Å²) in [5.41, 5.74) is -0.447. The molecule has 0 aliphatic carbocycles. The number of rotatable bonds is 4. The third-order valence-electron chi connectivity index (χ3n) is 4.12. The average Bonchev–Trinajstić information content (AvgIpc) is 3.06. The second-order valence-corrected chi connectivity index (χ2v) is 7.10. The lowest BCUT2D eigenvalue weighted by molar-refractivity contribution is 0.0191. The number of amides is 1. The van der Waals surface area contributed by atoms with Gasteiger partial charge in [0, 0.05) is 19.1 Å². The van der Waals surface area contributed by atoms with Crippen molar-refractivity contribution < 1.29 is 13.9 Å². The summed E-state index contributed by atoms with van der Waals surface area (Å²) in [6, 6.07) is 4.29. The van der Waals surface area contributed by atoms with Gasteiger partial charge in [0.2, 0.25) is 0 Å². The van der Waals surface area contributed by atoms with E-state index in [0.29, 0.717) is 0 Å². The fourth-order valence-electron chi connectivity index (χ4n) is 2.82. The molecule has 1 aliphatic rings. The molecule has 1 amide bonds. The minimum absolute atomic E-state index is 0.191. The third-order valence-corrected chi connectivity index (χ3v) is 4.12. The first-order chi connectivity index (χ1) is 10.3. The summed E-state index contributed by atoms with van der Waals surface area (Å²) in [6.45, 7) is 9.43. The summed E-state index contributed by atoms with van der Waals surface area (Å²) in [6.07, 6.45) is 3.55. The first-order valence-corrected chi connectivity index (χ1v) is 8.01. The van der Waals surface area contributed by atoms with E-state index in [1.54, 1.807) is 6.26 Å². The van der Waals surface area contributed by atoms with E-state index >= 15 is 0 Å². The second-order valence-electron chi connectivity index (χ2n) is 7.10. The van der Waals surface area contributed by atoms with Crippen molar-refractivity contribution in [2.45, 2.75) is 58.2 Å². The van der Waals surface area contributed by atoms with Gasteiger partial charge in [0.15, 0.2) is 0 Å². The molecule has 1 aromatic heterocycles. The highest BCUT2D eigenvalue weighted by molar-refractivity contribution is 5.69. The van der Waals surface area contributed by atoms with Crippen LogP contribution in [0, 0.1) is 0 Å². The molecule has 1 aromatic rings. The molecule has 0 spiro atoms. The summed E-state index contributed by atoms with van der Waals surface area (Å²) in [7, 11) is 2.07. The van der Waals surface area contributed by atoms with Crippen molar-refractivity contribution >= 4 is 6.09 Å². The molecule has 2 rings (SSSR count). The van der Waals surface area contributed by atoms with Gasteiger partial charge < -0.3 is 14.1 Å². The Balaban J connectivity index is 1.94. The first-order valence-electron chi connectivity index (χ1n) is 8.01. The number of nitrogens with zero attached hydrogens (tertiary/aromatic N) is 2. The first kappa shape index (κ1) is 16.9. The average molecular weight is 308 g/mol. The second kappa shape index (κ2) is 6.73. The Bertz CT molecular complexity index is 479. The molecular formula is C17H28N2O3. The summed E-state index contributed by atoms with van der Waals surface area (Å²) >= 11 is 0. The van der Waals surface area contributed by atoms with Crippen LogP contribution in [0.5, 0.6) is 0 Å². The van der Waals surface area contributed by atoms with Crippen LogP contribution in [0.2, 0.25) is 0 Å². The largest absolute Gasteiger partial charge is 0.468 e. The van der Waals surface area contributed by atoms with Crippen molar-refractivity contribution in [2.24, 2.45) is 0 Å². The molecule has 0 radical (unpaired) electrons. The highest BCUT2D eigenvalue weighted by Crippen LogP contribution is 2.25. The minimum atomic E-state index is -0.447. The quantitative estimate of drug-likeness (QED) is 0.851. The predicted octanol–water partition coefficient (Wildman–Crippen LogP) is 3.67. The molecule has 1 fully saturated rings. The fraction of sp³-hybridized carbons (Fsp3) is 0.706. The van der Waals surface area contributed by atoms with Crippen LogP contribution in [-0.2, 0) is 4.74 Å². The number of hydrogen-bond donors (Lipinski definition) is 0. The molecule has 1 aliphatic heterocycles. The van der Waals surface area contributed by atoms with Crippen molar-refractivity contribution in [2.75, 3.05) is 20.1 Å². The maximum atomic E-state index is 12.3. The van der Waals surface area contributed by atoms with Crippen LogP contribution in [0.3, 0.4) is 0 Å². The Labute approximate surface area is 133 Å². The number of ether oxygens (including phenoxy) is 1. The zero-order chi connectivity index (χ0) is 16.3. The highest BCUT2D eigenvalue weighted by atomic mass is 16.6. The Kier molecular flexibility index (Phi) is 5.16. The lowest BCUT2D eigenvalue weighted by atomic mass is 10.1. The fourth-order valence-corrected chi connectivity index (χ4v) is 2.82. The summed E-state index contributed by atoms with van der Waals surface area (Å²) in [5, 5.41) is 0. The van der Waals surface area contributed by atoms with E-state index in [-0.39, 0.29) is 18.2 Å². The Morgan fingerprint density at radius 3 is 2.86 bits per heavy atom. The van der Waals surface area contributed by atoms with Gasteiger partial charge >= 0.3 is 6.09 Å². The molecule has 5 heteroatoms. The van der Waals surface area contributed by atoms with Crippen molar-refractivity contribution in [3.05, 3.63) is 24.2 Å². The molecule has 2 heterocycles. The van der Waals surface area contributed by atoms with Gasteiger partial charge in [-0.15, -0.1) is 0 Å². The van der Waals surface area contributed by atoms with Crippen LogP contribution in [-0.4, -0.2) is 47.7 Å². The van der Waals surface area contributed by atoms with Crippen molar-refractivity contribution in [1.82, 2.24) is 9.80 Å². The molecule has 2 atom stereocenters. The Morgan fingerprint density at radius 2 is 2.27 bits per heavy atom. The Morgan fingerprint density at radius 1 is 1.55 bits per heavy atom. The Hall–Kier alpha value is -1.49. The minimum Gasteiger partial charge on any atom is -0.468 e. The van der Waals surface area contributed by atoms with Crippen LogP contribution < -0.4 is 0 Å². The van der Waals surface area contributed by atoms with Gasteiger partial charge in [-0.3, -0.25) is 4.90 Å². The SMILES string of the molecule is CC(c1ccco1)N(C)CC1CCCN1C(=O)OC(C)(C)C. The molecular weight excluding hydrogens is 280 g/mol. The van der Waals surface area contributed by atoms with E-state index in [1.165, 1.54) is 0 Å². The molecule has 0 bridgehead atoms. The zero-order valence-electron chi connectivity index (χ0n) is 14.3. The predicted molar refractivity (Wildman–Crippen MR) is 85.7 cm³/mol. The molecule has 0 aromatic carbocycles. The van der Waals surface area contributed by atoms with Gasteiger partial charge in [-0.1, -0.05) is 0 Å². The van der Waals surface area contributed by atoms with Gasteiger partial charge in [0.05, 0.1) is 12.3 Å². The topological polar surface area (TPSA) is 45.9 Å². The summed E-state index contributed by atoms with van der Waals surface area (Å²) < 4.78 is 11.0. The lowest BCUT2D eigenvalue weighted by Gasteiger charge is -2.32. The van der Waals surface area contributed by atoms with Gasteiger partial charge in [0.1, 0.15) is 11.4 Å². The number of carbonyl (C=O) groups excluding carboxylic acids is 1. The maximum absolute atomic E-state index is 12.3. The van der Waals surface area contributed by atoms with E-state index in [0.717, 1.165) is 31.7 Å². The van der Waals surface area contributed by atoms with Crippen molar-refractivity contribution in [1.29, 1.82) is 0 Å². The lowest BCUT2D eigenvalue weighted by Crippen LogP contribution is -2.44. The smallest absolute Gasteiger partial charge is 0.410 e. The number of carbonyl (C=O) groups is 1. The van der Waals surface area contributed by atoms with E-state index < -0.39 is 5.60 Å². The van der Waals surface area contributed by atoms with Gasteiger partial charge in [0.25, 0.3) is 0 Å². The van der Waals surface area contributed by atoms with E-state index in [4.69, 9.17) is 9.15 Å². The monoisotopic (exact) mass is 308 g/mol. The van der Waals surface area contributed by atoms with Gasteiger partial charge in [-0.25, -0.2) is 4.79 Å². The van der Waals surface area contributed by atoms with Gasteiger partial charge in [-0.2, -0.15) is 0 Å². The number of hydrogen-bond acceptors (Lipinski definition) is 4. The van der Waals surface area contributed by atoms with Crippen LogP contribution in [0.15, 0.2) is 22.8 Å². The summed E-state index contributed by atoms with van der Waals surface area (Å²) in [5.74, 6) is 0.948. The van der Waals surface area contributed by atoms with Crippen LogP contribution in [0.4, 0.5) is 4.79 Å². The normalized spacial score (nSPS) is 20.5. The molecule has 1 saturated heterocycles. The van der Waals surface area contributed by atoms with Crippen molar-refractivity contribution in [3.63, 3.8) is 0 Å². The molecule has 124 valence electrons. The van der Waals surface area contributed by atoms with Crippen LogP contribution >= 0.6 is 0 Å². The van der Waals surface area contributed by atoms with Crippen LogP contribution in [0.1, 0.15) is 52.3 Å². The highest BCUT2D eigenvalue weighted by Gasteiger charge is 2.33. The number of furan rings is 1. The van der Waals surface area contributed by atoms with Crippen molar-refractivity contribution in [3.8, 4) is 0 Å². The van der Waals surface area contributed by atoms with E-state index in [1.807, 2.05) is 37.8 Å². The molecule has 0 saturated carbocycles. The summed E-state index contributed by atoms with van der Waals surface area (Å²) in [4.78, 5) is 16.4. The molecule has 5 nitrogen and oxygen atoms in total. The molecule has 22 heavy (non-hydrogen) atoms. The van der Waals surface area contributed by atoms with Crippen LogP contribution in [0.25, 0.3) is 0 Å². The standard InChI is InChI=1S/C17H28N2O3/c1-13(15-9-7-11-21-15)18(5)12-14-8-6-10-19(14)16(20)22-17(2,3)4/h7,9,11,13-14H,6,8,10,12H2,1-5H3. The van der Waals surface area contributed by atoms with E-state index in [9.17, 15) is 4.79 Å². The van der Waals surface area contributed by atoms with Gasteiger partial charge in [-0.05, 0) is 59.7 Å². The van der Waals surface area contributed by atoms with E-state index in [2.05, 4.69) is 18.9 Å².